The van der Waals surface area contributed by atoms with Crippen molar-refractivity contribution in [2.45, 2.75) is 63.5 Å². The van der Waals surface area contributed by atoms with Crippen molar-refractivity contribution in [3.8, 4) is 5.75 Å². The van der Waals surface area contributed by atoms with Crippen LogP contribution in [0.2, 0.25) is 0 Å². The molecule has 6 nitrogen and oxygen atoms in total. The van der Waals surface area contributed by atoms with E-state index < -0.39 is 16.0 Å². The number of fused-ring (bicyclic) bond motifs is 1. The Morgan fingerprint density at radius 1 is 1.08 bits per heavy atom. The van der Waals surface area contributed by atoms with E-state index in [1.807, 2.05) is 39.0 Å². The highest BCUT2D eigenvalue weighted by molar-refractivity contribution is 7.89. The van der Waals surface area contributed by atoms with Crippen LogP contribution < -0.4 is 4.74 Å². The highest BCUT2D eigenvalue weighted by Gasteiger charge is 2.33. The summed E-state index contributed by atoms with van der Waals surface area (Å²) in [7, 11) is -3.75. The van der Waals surface area contributed by atoms with Gasteiger partial charge in [-0.05, 0) is 73.9 Å². The number of benzene rings is 3. The van der Waals surface area contributed by atoms with E-state index in [1.54, 1.807) is 24.3 Å². The first-order chi connectivity index (χ1) is 17.1. The maximum absolute atomic E-state index is 13.5. The van der Waals surface area contributed by atoms with Crippen molar-refractivity contribution in [2.75, 3.05) is 6.54 Å². The van der Waals surface area contributed by atoms with Gasteiger partial charge in [0.25, 0.3) is 0 Å². The van der Waals surface area contributed by atoms with Crippen LogP contribution in [0.4, 0.5) is 0 Å². The number of aryl methyl sites for hydroxylation is 3. The van der Waals surface area contributed by atoms with Crippen LogP contribution in [0.5, 0.6) is 5.75 Å². The second-order valence-electron chi connectivity index (χ2n) is 9.68. The molecule has 1 N–H and O–H groups in total. The number of hydrogen-bond donors (Lipinski definition) is 1. The Morgan fingerprint density at radius 2 is 1.81 bits per heavy atom. The van der Waals surface area contributed by atoms with Crippen LogP contribution >= 0.6 is 0 Å². The van der Waals surface area contributed by atoms with E-state index in [0.29, 0.717) is 12.2 Å². The van der Waals surface area contributed by atoms with Gasteiger partial charge in [-0.2, -0.15) is 4.31 Å². The van der Waals surface area contributed by atoms with Gasteiger partial charge in [0.15, 0.2) is 0 Å². The Kier molecular flexibility index (Phi) is 7.81. The molecular formula is C29H33NO5S. The topological polar surface area (TPSA) is 83.9 Å². The van der Waals surface area contributed by atoms with Crippen molar-refractivity contribution in [3.63, 3.8) is 0 Å². The third-order valence-electron chi connectivity index (χ3n) is 6.77. The largest absolute Gasteiger partial charge is 0.488 e. The number of carbonyl (C=O) groups is 1. The van der Waals surface area contributed by atoms with Gasteiger partial charge in [-0.15, -0.1) is 0 Å². The van der Waals surface area contributed by atoms with Crippen molar-refractivity contribution in [2.24, 2.45) is 0 Å². The van der Waals surface area contributed by atoms with Crippen LogP contribution in [0.25, 0.3) is 0 Å². The lowest BCUT2D eigenvalue weighted by Crippen LogP contribution is -2.35. The monoisotopic (exact) mass is 507 g/mol. The van der Waals surface area contributed by atoms with E-state index in [1.165, 1.54) is 15.4 Å². The molecule has 1 aliphatic rings. The smallest absolute Gasteiger partial charge is 0.303 e. The minimum Gasteiger partial charge on any atom is -0.488 e. The fraction of sp³-hybridized carbons (Fsp3) is 0.345. The molecule has 1 aliphatic heterocycles. The summed E-state index contributed by atoms with van der Waals surface area (Å²) >= 11 is 0. The molecule has 0 radical (unpaired) electrons. The van der Waals surface area contributed by atoms with Crippen molar-refractivity contribution in [3.05, 3.63) is 94.5 Å². The second kappa shape index (κ2) is 10.8. The third kappa shape index (κ3) is 5.97. The van der Waals surface area contributed by atoms with Crippen LogP contribution in [-0.2, 0) is 27.8 Å². The fourth-order valence-corrected chi connectivity index (χ4v) is 6.30. The Hall–Kier alpha value is -3.16. The number of nitrogens with zero attached hydrogens (tertiary/aromatic N) is 1. The minimum absolute atomic E-state index is 0.0224. The first-order valence-corrected chi connectivity index (χ1v) is 13.7. The van der Waals surface area contributed by atoms with Gasteiger partial charge < -0.3 is 9.84 Å². The number of carboxylic acid groups (broad SMARTS) is 1. The molecule has 2 atom stereocenters. The zero-order chi connectivity index (χ0) is 25.9. The number of ether oxygens (including phenoxy) is 1. The van der Waals surface area contributed by atoms with Crippen LogP contribution in [0.15, 0.2) is 71.6 Å². The fourth-order valence-electron chi connectivity index (χ4n) is 4.69. The van der Waals surface area contributed by atoms with Crippen molar-refractivity contribution < 1.29 is 23.1 Å². The molecule has 0 bridgehead atoms. The highest BCUT2D eigenvalue weighted by atomic mass is 32.2. The van der Waals surface area contributed by atoms with E-state index in [-0.39, 0.29) is 36.4 Å². The number of hydrogen-bond acceptors (Lipinski definition) is 4. The van der Waals surface area contributed by atoms with E-state index in [9.17, 15) is 18.3 Å². The number of rotatable bonds is 8. The van der Waals surface area contributed by atoms with Gasteiger partial charge in [0.2, 0.25) is 10.0 Å². The van der Waals surface area contributed by atoms with E-state index in [4.69, 9.17) is 4.74 Å². The number of carboxylic acids is 1. The summed E-state index contributed by atoms with van der Waals surface area (Å²) in [6.45, 7) is 6.28. The van der Waals surface area contributed by atoms with Crippen LogP contribution in [0.3, 0.4) is 0 Å². The number of sulfonamides is 1. The predicted octanol–water partition coefficient (Wildman–Crippen LogP) is 5.47. The molecule has 0 saturated heterocycles. The first-order valence-electron chi connectivity index (χ1n) is 12.3. The predicted molar refractivity (Wildman–Crippen MR) is 140 cm³/mol. The molecule has 3 aromatic rings. The van der Waals surface area contributed by atoms with Gasteiger partial charge in [0.1, 0.15) is 16.7 Å². The Bertz CT molecular complexity index is 1330. The maximum Gasteiger partial charge on any atom is 0.303 e. The van der Waals surface area contributed by atoms with Gasteiger partial charge in [-0.3, -0.25) is 4.79 Å². The molecule has 0 aromatic heterocycles. The van der Waals surface area contributed by atoms with Gasteiger partial charge in [-0.1, -0.05) is 60.2 Å². The highest BCUT2D eigenvalue weighted by Crippen LogP contribution is 2.33. The second-order valence-corrected chi connectivity index (χ2v) is 11.6. The van der Waals surface area contributed by atoms with Crippen LogP contribution in [0.1, 0.15) is 53.5 Å². The molecule has 0 fully saturated rings. The average Bonchev–Trinajstić information content (AvgIpc) is 2.92. The summed E-state index contributed by atoms with van der Waals surface area (Å²) < 4.78 is 34.4. The zero-order valence-corrected chi connectivity index (χ0v) is 21.8. The van der Waals surface area contributed by atoms with Gasteiger partial charge in [0.05, 0.1) is 13.0 Å². The first kappa shape index (κ1) is 25.9. The summed E-state index contributed by atoms with van der Waals surface area (Å²) in [5, 5.41) is 9.58. The summed E-state index contributed by atoms with van der Waals surface area (Å²) in [4.78, 5) is 11.9. The standard InChI is InChI=1S/C29H33NO5S/c1-20-8-11-23(12-9-20)13-15-25(17-29(31)32)24-14-10-21(2)26(16-24)19-30-18-22(3)35-27-6-4-5-7-28(27)36(30,33)34/h4-12,14,16,22,25H,13,15,17-19H2,1-3H3,(H,31,32)/t22-,25?/m1/s1. The molecule has 0 aliphatic carbocycles. The summed E-state index contributed by atoms with van der Waals surface area (Å²) in [5.41, 5.74) is 5.12. The normalized spacial score (nSPS) is 18.0. The lowest BCUT2D eigenvalue weighted by molar-refractivity contribution is -0.137. The molecule has 4 rings (SSSR count). The summed E-state index contributed by atoms with van der Waals surface area (Å²) in [6.07, 6.45) is 1.18. The van der Waals surface area contributed by atoms with Crippen LogP contribution in [-0.4, -0.2) is 36.4 Å². The Balaban J connectivity index is 1.61. The van der Waals surface area contributed by atoms with Crippen LogP contribution in [0, 0.1) is 13.8 Å². The van der Waals surface area contributed by atoms with Crippen molar-refractivity contribution in [1.82, 2.24) is 4.31 Å². The number of aliphatic carboxylic acids is 1. The van der Waals surface area contributed by atoms with Crippen molar-refractivity contribution >= 4 is 16.0 Å². The zero-order valence-electron chi connectivity index (χ0n) is 21.0. The molecule has 1 heterocycles. The molecule has 36 heavy (non-hydrogen) atoms. The maximum atomic E-state index is 13.5. The Labute approximate surface area is 213 Å². The molecule has 3 aromatic carbocycles. The minimum atomic E-state index is -3.75. The van der Waals surface area contributed by atoms with Gasteiger partial charge in [-0.25, -0.2) is 8.42 Å². The molecule has 0 spiro atoms. The van der Waals surface area contributed by atoms with Gasteiger partial charge in [0, 0.05) is 6.54 Å². The van der Waals surface area contributed by atoms with Crippen molar-refractivity contribution in [1.29, 1.82) is 0 Å². The quantitative estimate of drug-likeness (QED) is 0.437. The molecule has 7 heteroatoms. The molecule has 1 unspecified atom stereocenters. The molecule has 0 saturated carbocycles. The average molecular weight is 508 g/mol. The van der Waals surface area contributed by atoms with Gasteiger partial charge >= 0.3 is 5.97 Å². The molecular weight excluding hydrogens is 474 g/mol. The van der Waals surface area contributed by atoms with E-state index in [2.05, 4.69) is 24.3 Å². The lowest BCUT2D eigenvalue weighted by Gasteiger charge is -2.23. The lowest BCUT2D eigenvalue weighted by atomic mass is 9.88. The molecule has 190 valence electrons. The SMILES string of the molecule is Cc1ccc(CCC(CC(=O)O)c2ccc(C)c(CN3C[C@@H](C)Oc4ccccc4S3(=O)=O)c2)cc1. The Morgan fingerprint density at radius 3 is 2.53 bits per heavy atom. The summed E-state index contributed by atoms with van der Waals surface area (Å²) in [6, 6.07) is 20.9. The summed E-state index contributed by atoms with van der Waals surface area (Å²) in [5.74, 6) is -0.647. The number of para-hydroxylation sites is 1. The van der Waals surface area contributed by atoms with E-state index >= 15 is 0 Å². The van der Waals surface area contributed by atoms with E-state index in [0.717, 1.165) is 23.1 Å². The molecule has 0 amide bonds. The third-order valence-corrected chi connectivity index (χ3v) is 8.62.